The van der Waals surface area contributed by atoms with Gasteiger partial charge >= 0.3 is 0 Å². The molecule has 0 unspecified atom stereocenters. The van der Waals surface area contributed by atoms with Crippen molar-refractivity contribution in [3.63, 3.8) is 0 Å². The summed E-state index contributed by atoms with van der Waals surface area (Å²) in [5.41, 5.74) is 2.41. The van der Waals surface area contributed by atoms with Crippen LogP contribution in [-0.2, 0) is 9.59 Å². The summed E-state index contributed by atoms with van der Waals surface area (Å²) in [6.07, 6.45) is 5.65. The summed E-state index contributed by atoms with van der Waals surface area (Å²) in [7, 11) is 3.17. The normalized spacial score (nSPS) is 15.0. The summed E-state index contributed by atoms with van der Waals surface area (Å²) in [6, 6.07) is 15.5. The van der Waals surface area contributed by atoms with Crippen molar-refractivity contribution in [1.82, 2.24) is 14.5 Å². The van der Waals surface area contributed by atoms with Crippen LogP contribution in [0.25, 0.3) is 16.9 Å². The van der Waals surface area contributed by atoms with Crippen LogP contribution in [0.15, 0.2) is 54.7 Å². The lowest BCUT2D eigenvalue weighted by Gasteiger charge is -2.21. The average Bonchev–Trinajstić information content (AvgIpc) is 3.80. The van der Waals surface area contributed by atoms with Crippen LogP contribution < -0.4 is 14.8 Å². The highest BCUT2D eigenvalue weighted by Gasteiger charge is 2.40. The molecule has 0 radical (unpaired) electrons. The van der Waals surface area contributed by atoms with Crippen molar-refractivity contribution in [3.05, 3.63) is 54.7 Å². The van der Waals surface area contributed by atoms with E-state index >= 15 is 0 Å². The van der Waals surface area contributed by atoms with Gasteiger partial charge in [-0.15, -0.1) is 0 Å². The van der Waals surface area contributed by atoms with Gasteiger partial charge in [0.25, 0.3) is 0 Å². The number of aromatic nitrogens is 2. The third-order valence-electron chi connectivity index (χ3n) is 6.18. The van der Waals surface area contributed by atoms with Crippen LogP contribution in [0.3, 0.4) is 0 Å². The molecule has 0 spiro atoms. The minimum atomic E-state index is -0.257. The van der Waals surface area contributed by atoms with E-state index in [2.05, 4.69) is 5.32 Å². The lowest BCUT2D eigenvalue weighted by molar-refractivity contribution is -0.136. The SMILES string of the molecule is COc1ccc(-n2cc(-c3ccccc3)nc2NC(=O)CN(C(=O)C2CC2)C2CC2)cc1OC. The Morgan fingerprint density at radius 1 is 1.03 bits per heavy atom. The zero-order chi connectivity index (χ0) is 23.7. The molecule has 8 nitrogen and oxygen atoms in total. The fourth-order valence-corrected chi connectivity index (χ4v) is 4.04. The van der Waals surface area contributed by atoms with E-state index < -0.39 is 0 Å². The number of carbonyl (C=O) groups is 2. The van der Waals surface area contributed by atoms with E-state index in [-0.39, 0.29) is 30.3 Å². The lowest BCUT2D eigenvalue weighted by atomic mass is 10.2. The van der Waals surface area contributed by atoms with Gasteiger partial charge in [-0.3, -0.25) is 19.5 Å². The number of methoxy groups -OCH3 is 2. The molecule has 5 rings (SSSR count). The highest BCUT2D eigenvalue weighted by atomic mass is 16.5. The van der Waals surface area contributed by atoms with Crippen LogP contribution in [0.2, 0.25) is 0 Å². The molecule has 1 aromatic heterocycles. The number of anilines is 1. The molecular weight excluding hydrogens is 432 g/mol. The lowest BCUT2D eigenvalue weighted by Crippen LogP contribution is -2.40. The summed E-state index contributed by atoms with van der Waals surface area (Å²) in [6.45, 7) is 0.0411. The predicted molar refractivity (Wildman–Crippen MR) is 128 cm³/mol. The number of nitrogens with one attached hydrogen (secondary N) is 1. The van der Waals surface area contributed by atoms with Crippen LogP contribution >= 0.6 is 0 Å². The second kappa shape index (κ2) is 9.21. The first-order valence-corrected chi connectivity index (χ1v) is 11.5. The third kappa shape index (κ3) is 4.62. The van der Waals surface area contributed by atoms with Gasteiger partial charge in [-0.05, 0) is 37.8 Å². The van der Waals surface area contributed by atoms with Crippen molar-refractivity contribution in [2.24, 2.45) is 5.92 Å². The summed E-state index contributed by atoms with van der Waals surface area (Å²) in [5, 5.41) is 2.94. The molecule has 1 heterocycles. The summed E-state index contributed by atoms with van der Waals surface area (Å²) in [5.74, 6) is 1.50. The molecule has 2 aromatic carbocycles. The Hall–Kier alpha value is -3.81. The quantitative estimate of drug-likeness (QED) is 0.524. The van der Waals surface area contributed by atoms with Gasteiger partial charge in [0.05, 0.1) is 25.6 Å². The highest BCUT2D eigenvalue weighted by molar-refractivity contribution is 5.94. The van der Waals surface area contributed by atoms with E-state index in [9.17, 15) is 9.59 Å². The van der Waals surface area contributed by atoms with Crippen molar-refractivity contribution in [1.29, 1.82) is 0 Å². The van der Waals surface area contributed by atoms with Crippen molar-refractivity contribution >= 4 is 17.8 Å². The summed E-state index contributed by atoms with van der Waals surface area (Å²) >= 11 is 0. The number of ether oxygens (including phenoxy) is 2. The van der Waals surface area contributed by atoms with Gasteiger partial charge < -0.3 is 14.4 Å². The van der Waals surface area contributed by atoms with Crippen LogP contribution in [0.5, 0.6) is 11.5 Å². The molecule has 0 aliphatic heterocycles. The van der Waals surface area contributed by atoms with Crippen LogP contribution in [0, 0.1) is 5.92 Å². The first-order valence-electron chi connectivity index (χ1n) is 11.5. The van der Waals surface area contributed by atoms with Crippen LogP contribution in [0.4, 0.5) is 5.95 Å². The number of nitrogens with zero attached hydrogens (tertiary/aromatic N) is 3. The molecule has 0 atom stereocenters. The van der Waals surface area contributed by atoms with E-state index in [1.807, 2.05) is 59.3 Å². The zero-order valence-corrected chi connectivity index (χ0v) is 19.4. The molecule has 2 saturated carbocycles. The number of amides is 2. The van der Waals surface area contributed by atoms with Gasteiger partial charge in [0, 0.05) is 29.8 Å². The molecule has 0 saturated heterocycles. The van der Waals surface area contributed by atoms with Gasteiger partial charge in [0.1, 0.15) is 6.54 Å². The maximum absolute atomic E-state index is 13.1. The minimum Gasteiger partial charge on any atom is -0.493 e. The molecule has 8 heteroatoms. The second-order valence-electron chi connectivity index (χ2n) is 8.74. The van der Waals surface area contributed by atoms with Gasteiger partial charge in [-0.2, -0.15) is 0 Å². The molecule has 2 amide bonds. The fraction of sp³-hybridized carbons (Fsp3) is 0.346. The first-order chi connectivity index (χ1) is 16.6. The summed E-state index contributed by atoms with van der Waals surface area (Å²) < 4.78 is 12.6. The molecule has 34 heavy (non-hydrogen) atoms. The van der Waals surface area contributed by atoms with E-state index in [1.165, 1.54) is 0 Å². The Labute approximate surface area is 198 Å². The maximum atomic E-state index is 13.1. The Balaban J connectivity index is 1.45. The topological polar surface area (TPSA) is 85.7 Å². The standard InChI is InChI=1S/C26H28N4O4/c1-33-22-13-12-20(14-23(22)34-2)30-15-21(17-6-4-3-5-7-17)27-26(30)28-24(31)16-29(19-10-11-19)25(32)18-8-9-18/h3-7,12-15,18-19H,8-11,16H2,1-2H3,(H,27,28,31). The van der Waals surface area contributed by atoms with Crippen LogP contribution in [-0.4, -0.2) is 53.1 Å². The van der Waals surface area contributed by atoms with Crippen molar-refractivity contribution < 1.29 is 19.1 Å². The number of hydrogen-bond acceptors (Lipinski definition) is 5. The smallest absolute Gasteiger partial charge is 0.246 e. The van der Waals surface area contributed by atoms with Gasteiger partial charge in [-0.1, -0.05) is 30.3 Å². The number of hydrogen-bond donors (Lipinski definition) is 1. The molecule has 0 bridgehead atoms. The molecule has 176 valence electrons. The third-order valence-corrected chi connectivity index (χ3v) is 6.18. The predicted octanol–water partition coefficient (Wildman–Crippen LogP) is 3.90. The minimum absolute atomic E-state index is 0.0411. The van der Waals surface area contributed by atoms with E-state index in [4.69, 9.17) is 14.5 Å². The van der Waals surface area contributed by atoms with Crippen molar-refractivity contribution in [2.75, 3.05) is 26.1 Å². The second-order valence-corrected chi connectivity index (χ2v) is 8.74. The Kier molecular flexibility index (Phi) is 5.96. The molecule has 1 N–H and O–H groups in total. The van der Waals surface area contributed by atoms with E-state index in [0.29, 0.717) is 17.4 Å². The largest absolute Gasteiger partial charge is 0.493 e. The van der Waals surface area contributed by atoms with E-state index in [0.717, 1.165) is 42.6 Å². The number of benzene rings is 2. The van der Waals surface area contributed by atoms with Crippen molar-refractivity contribution in [2.45, 2.75) is 31.7 Å². The Bertz CT molecular complexity index is 1200. The van der Waals surface area contributed by atoms with Gasteiger partial charge in [-0.25, -0.2) is 4.98 Å². The number of carbonyl (C=O) groups excluding carboxylic acids is 2. The first kappa shape index (κ1) is 22.0. The van der Waals surface area contributed by atoms with Crippen molar-refractivity contribution in [3.8, 4) is 28.4 Å². The van der Waals surface area contributed by atoms with Gasteiger partial charge in [0.2, 0.25) is 17.8 Å². The average molecular weight is 461 g/mol. The molecule has 2 fully saturated rings. The summed E-state index contributed by atoms with van der Waals surface area (Å²) in [4.78, 5) is 32.2. The molecule has 3 aromatic rings. The molecule has 2 aliphatic rings. The molecular formula is C26H28N4O4. The zero-order valence-electron chi connectivity index (χ0n) is 19.4. The highest BCUT2D eigenvalue weighted by Crippen LogP contribution is 2.36. The maximum Gasteiger partial charge on any atom is 0.246 e. The van der Waals surface area contributed by atoms with E-state index in [1.54, 1.807) is 19.1 Å². The number of rotatable bonds is 9. The number of imidazole rings is 1. The Morgan fingerprint density at radius 2 is 1.76 bits per heavy atom. The monoisotopic (exact) mass is 460 g/mol. The fourth-order valence-electron chi connectivity index (χ4n) is 4.04. The Morgan fingerprint density at radius 3 is 2.41 bits per heavy atom. The van der Waals surface area contributed by atoms with Crippen LogP contribution in [0.1, 0.15) is 25.7 Å². The van der Waals surface area contributed by atoms with Gasteiger partial charge in [0.15, 0.2) is 11.5 Å². The molecule has 2 aliphatic carbocycles.